The number of amides is 1. The van der Waals surface area contributed by atoms with E-state index in [4.69, 9.17) is 0 Å². The highest BCUT2D eigenvalue weighted by Crippen LogP contribution is 2.07. The van der Waals surface area contributed by atoms with Gasteiger partial charge in [0.2, 0.25) is 15.9 Å². The third kappa shape index (κ3) is 5.01. The van der Waals surface area contributed by atoms with Crippen molar-refractivity contribution in [3.05, 3.63) is 0 Å². The maximum Gasteiger partial charge on any atom is 0.221 e. The quantitative estimate of drug-likeness (QED) is 0.584. The summed E-state index contributed by atoms with van der Waals surface area (Å²) >= 11 is 0. The second-order valence-electron chi connectivity index (χ2n) is 4.53. The number of sulfonamides is 1. The maximum absolute atomic E-state index is 11.8. The van der Waals surface area contributed by atoms with Gasteiger partial charge >= 0.3 is 0 Å². The maximum atomic E-state index is 11.8. The lowest BCUT2D eigenvalue weighted by Crippen LogP contribution is -2.38. The van der Waals surface area contributed by atoms with Crippen molar-refractivity contribution < 1.29 is 13.2 Å². The molecule has 0 aromatic carbocycles. The molecule has 0 aromatic heterocycles. The normalized spacial score (nSPS) is 20.8. The highest BCUT2D eigenvalue weighted by Gasteiger charge is 2.27. The van der Waals surface area contributed by atoms with Crippen molar-refractivity contribution in [1.82, 2.24) is 15.4 Å². The molecule has 1 atom stereocenters. The zero-order valence-electron chi connectivity index (χ0n) is 10.3. The first-order chi connectivity index (χ1) is 7.92. The minimum atomic E-state index is -3.28. The molecule has 1 saturated heterocycles. The predicted octanol–water partition coefficient (Wildman–Crippen LogP) is -0.818. The van der Waals surface area contributed by atoms with E-state index in [-0.39, 0.29) is 30.2 Å². The lowest BCUT2D eigenvalue weighted by Gasteiger charge is -2.12. The number of nitrogens with one attached hydrogen (secondary N) is 3. The molecule has 1 aliphatic heterocycles. The van der Waals surface area contributed by atoms with Gasteiger partial charge in [-0.15, -0.1) is 0 Å². The lowest BCUT2D eigenvalue weighted by atomic mass is 10.3. The highest BCUT2D eigenvalue weighted by molar-refractivity contribution is 7.90. The fourth-order valence-corrected chi connectivity index (χ4v) is 3.10. The topological polar surface area (TPSA) is 87.3 Å². The van der Waals surface area contributed by atoms with Gasteiger partial charge < -0.3 is 10.6 Å². The van der Waals surface area contributed by atoms with Crippen LogP contribution in [0, 0.1) is 0 Å². The standard InChI is InChI=1S/C10H21N3O3S/c1-8(2)13-10(14)4-6-12-17(15,16)9-3-5-11-7-9/h8-9,11-12H,3-7H2,1-2H3,(H,13,14). The molecule has 1 heterocycles. The second kappa shape index (κ2) is 6.32. The summed E-state index contributed by atoms with van der Waals surface area (Å²) < 4.78 is 26.0. The summed E-state index contributed by atoms with van der Waals surface area (Å²) in [5.74, 6) is -0.132. The number of rotatable bonds is 6. The van der Waals surface area contributed by atoms with E-state index >= 15 is 0 Å². The van der Waals surface area contributed by atoms with E-state index in [1.165, 1.54) is 0 Å². The van der Waals surface area contributed by atoms with Crippen LogP contribution in [0.5, 0.6) is 0 Å². The van der Waals surface area contributed by atoms with Crippen LogP contribution < -0.4 is 15.4 Å². The van der Waals surface area contributed by atoms with Crippen LogP contribution in [-0.4, -0.2) is 45.3 Å². The minimum absolute atomic E-state index is 0.0816. The molecule has 0 spiro atoms. The van der Waals surface area contributed by atoms with Crippen molar-refractivity contribution in [2.75, 3.05) is 19.6 Å². The molecule has 1 amide bonds. The van der Waals surface area contributed by atoms with Crippen LogP contribution in [0.2, 0.25) is 0 Å². The van der Waals surface area contributed by atoms with Gasteiger partial charge in [-0.3, -0.25) is 4.79 Å². The zero-order valence-corrected chi connectivity index (χ0v) is 11.1. The van der Waals surface area contributed by atoms with Gasteiger partial charge in [0.05, 0.1) is 5.25 Å². The molecule has 0 radical (unpaired) electrons. The average molecular weight is 263 g/mol. The molecule has 17 heavy (non-hydrogen) atoms. The Kier molecular flexibility index (Phi) is 5.35. The Morgan fingerprint density at radius 2 is 2.18 bits per heavy atom. The third-order valence-electron chi connectivity index (χ3n) is 2.56. The predicted molar refractivity (Wildman–Crippen MR) is 66.1 cm³/mol. The van der Waals surface area contributed by atoms with Gasteiger partial charge in [-0.2, -0.15) is 0 Å². The molecule has 3 N–H and O–H groups in total. The van der Waals surface area contributed by atoms with Crippen molar-refractivity contribution in [1.29, 1.82) is 0 Å². The van der Waals surface area contributed by atoms with Crippen LogP contribution in [0.4, 0.5) is 0 Å². The van der Waals surface area contributed by atoms with Crippen LogP contribution in [0.25, 0.3) is 0 Å². The van der Waals surface area contributed by atoms with Crippen LogP contribution in [0.1, 0.15) is 26.7 Å². The number of hydrogen-bond donors (Lipinski definition) is 3. The van der Waals surface area contributed by atoms with Gasteiger partial charge in [-0.25, -0.2) is 13.1 Å². The molecule has 1 aliphatic rings. The van der Waals surface area contributed by atoms with E-state index in [0.29, 0.717) is 13.0 Å². The van der Waals surface area contributed by atoms with Crippen LogP contribution in [0.15, 0.2) is 0 Å². The van der Waals surface area contributed by atoms with Gasteiger partial charge in [0.1, 0.15) is 0 Å². The van der Waals surface area contributed by atoms with Gasteiger partial charge in [0, 0.05) is 25.6 Å². The number of hydrogen-bond acceptors (Lipinski definition) is 4. The molecule has 7 heteroatoms. The average Bonchev–Trinajstić information content (AvgIpc) is 2.68. The second-order valence-corrected chi connectivity index (χ2v) is 6.57. The summed E-state index contributed by atoms with van der Waals surface area (Å²) in [6.45, 7) is 5.13. The summed E-state index contributed by atoms with van der Waals surface area (Å²) in [6, 6.07) is 0.0816. The van der Waals surface area contributed by atoms with E-state index in [0.717, 1.165) is 6.54 Å². The fourth-order valence-electron chi connectivity index (χ4n) is 1.71. The van der Waals surface area contributed by atoms with E-state index in [1.54, 1.807) is 0 Å². The highest BCUT2D eigenvalue weighted by atomic mass is 32.2. The summed E-state index contributed by atoms with van der Waals surface area (Å²) in [5, 5.41) is 5.35. The molecular weight excluding hydrogens is 242 g/mol. The third-order valence-corrected chi connectivity index (χ3v) is 4.45. The fraction of sp³-hybridized carbons (Fsp3) is 0.900. The van der Waals surface area contributed by atoms with Gasteiger partial charge in [-0.1, -0.05) is 0 Å². The first kappa shape index (κ1) is 14.4. The van der Waals surface area contributed by atoms with Gasteiger partial charge in [0.25, 0.3) is 0 Å². The summed E-state index contributed by atoms with van der Waals surface area (Å²) in [5.41, 5.74) is 0. The van der Waals surface area contributed by atoms with Crippen molar-refractivity contribution in [2.24, 2.45) is 0 Å². The smallest absolute Gasteiger partial charge is 0.221 e. The van der Waals surface area contributed by atoms with E-state index in [1.807, 2.05) is 13.8 Å². The summed E-state index contributed by atoms with van der Waals surface area (Å²) in [6.07, 6.45) is 0.811. The molecule has 1 unspecified atom stereocenters. The summed E-state index contributed by atoms with van der Waals surface area (Å²) in [7, 11) is -3.28. The Morgan fingerprint density at radius 3 is 2.71 bits per heavy atom. The SMILES string of the molecule is CC(C)NC(=O)CCNS(=O)(=O)C1CCNC1. The van der Waals surface area contributed by atoms with Crippen LogP contribution >= 0.6 is 0 Å². The first-order valence-corrected chi connectivity index (χ1v) is 7.45. The first-order valence-electron chi connectivity index (χ1n) is 5.90. The van der Waals surface area contributed by atoms with Crippen molar-refractivity contribution in [3.63, 3.8) is 0 Å². The Labute approximate surface area is 103 Å². The molecule has 0 aliphatic carbocycles. The Morgan fingerprint density at radius 1 is 1.47 bits per heavy atom. The minimum Gasteiger partial charge on any atom is -0.354 e. The Hall–Kier alpha value is -0.660. The Balaban J connectivity index is 2.28. The summed E-state index contributed by atoms with van der Waals surface area (Å²) in [4.78, 5) is 11.3. The molecule has 1 rings (SSSR count). The van der Waals surface area contributed by atoms with Crippen LogP contribution in [-0.2, 0) is 14.8 Å². The molecule has 0 saturated carbocycles. The number of carbonyl (C=O) groups is 1. The number of carbonyl (C=O) groups excluding carboxylic acids is 1. The van der Waals surface area contributed by atoms with E-state index < -0.39 is 10.0 Å². The van der Waals surface area contributed by atoms with Crippen molar-refractivity contribution in [2.45, 2.75) is 38.0 Å². The van der Waals surface area contributed by atoms with Gasteiger partial charge in [0.15, 0.2) is 0 Å². The van der Waals surface area contributed by atoms with Crippen molar-refractivity contribution >= 4 is 15.9 Å². The zero-order chi connectivity index (χ0) is 12.9. The molecule has 0 aromatic rings. The monoisotopic (exact) mass is 263 g/mol. The van der Waals surface area contributed by atoms with E-state index in [9.17, 15) is 13.2 Å². The van der Waals surface area contributed by atoms with Crippen LogP contribution in [0.3, 0.4) is 0 Å². The van der Waals surface area contributed by atoms with Crippen molar-refractivity contribution in [3.8, 4) is 0 Å². The molecular formula is C10H21N3O3S. The molecule has 1 fully saturated rings. The molecule has 100 valence electrons. The molecule has 6 nitrogen and oxygen atoms in total. The van der Waals surface area contributed by atoms with E-state index in [2.05, 4.69) is 15.4 Å². The molecule has 0 bridgehead atoms. The Bertz CT molecular complexity index is 348. The lowest BCUT2D eigenvalue weighted by molar-refractivity contribution is -0.121. The van der Waals surface area contributed by atoms with Gasteiger partial charge in [-0.05, 0) is 26.8 Å². The largest absolute Gasteiger partial charge is 0.354 e.